The van der Waals surface area contributed by atoms with Gasteiger partial charge in [-0.15, -0.1) is 0 Å². The largest absolute Gasteiger partial charge is 0.348 e. The second kappa shape index (κ2) is 3.07. The molecular weight excluding hydrogens is 189 g/mol. The van der Waals surface area contributed by atoms with Crippen LogP contribution >= 0.6 is 23.2 Å². The number of H-pyrrole nitrogens is 1. The fourth-order valence-corrected chi connectivity index (χ4v) is 0.845. The van der Waals surface area contributed by atoms with Crippen LogP contribution in [0.4, 0.5) is 0 Å². The second-order valence-corrected chi connectivity index (χ2v) is 2.52. The standard InChI is InChI=1S/C6H3Cl2NO2/c7-5(10)3-1-2-4(9-3)6(8)11/h1-2,9H. The lowest BCUT2D eigenvalue weighted by Gasteiger charge is -1.85. The molecular formula is C6H3Cl2NO2. The van der Waals surface area contributed by atoms with Gasteiger partial charge in [0, 0.05) is 0 Å². The van der Waals surface area contributed by atoms with Crippen LogP contribution in [0, 0.1) is 0 Å². The molecule has 1 aromatic rings. The smallest absolute Gasteiger partial charge is 0.268 e. The molecule has 3 nitrogen and oxygen atoms in total. The molecule has 0 unspecified atom stereocenters. The number of carbonyl (C=O) groups is 2. The predicted octanol–water partition coefficient (Wildman–Crippen LogP) is 1.77. The molecule has 0 radical (unpaired) electrons. The molecule has 1 rings (SSSR count). The molecule has 0 bridgehead atoms. The maximum atomic E-state index is 10.5. The molecule has 0 aliphatic rings. The van der Waals surface area contributed by atoms with Gasteiger partial charge < -0.3 is 4.98 Å². The summed E-state index contributed by atoms with van der Waals surface area (Å²) < 4.78 is 0. The minimum absolute atomic E-state index is 0.163. The lowest BCUT2D eigenvalue weighted by atomic mass is 10.4. The van der Waals surface area contributed by atoms with Crippen LogP contribution in [-0.4, -0.2) is 15.5 Å². The first-order chi connectivity index (χ1) is 5.11. The first-order valence-electron chi connectivity index (χ1n) is 2.70. The van der Waals surface area contributed by atoms with Crippen molar-refractivity contribution in [3.05, 3.63) is 23.5 Å². The Hall–Kier alpha value is -0.800. The summed E-state index contributed by atoms with van der Waals surface area (Å²) in [7, 11) is 0. The Morgan fingerprint density at radius 1 is 1.09 bits per heavy atom. The summed E-state index contributed by atoms with van der Waals surface area (Å²) in [5.74, 6) is 0. The number of hydrogen-bond donors (Lipinski definition) is 1. The number of halogens is 2. The van der Waals surface area contributed by atoms with Gasteiger partial charge in [0.2, 0.25) is 0 Å². The Labute approximate surface area is 72.3 Å². The summed E-state index contributed by atoms with van der Waals surface area (Å²) in [4.78, 5) is 23.4. The fraction of sp³-hybridized carbons (Fsp3) is 0. The molecule has 58 valence electrons. The monoisotopic (exact) mass is 191 g/mol. The van der Waals surface area contributed by atoms with E-state index < -0.39 is 10.5 Å². The van der Waals surface area contributed by atoms with Crippen LogP contribution in [0.2, 0.25) is 0 Å². The number of carbonyl (C=O) groups excluding carboxylic acids is 2. The summed E-state index contributed by atoms with van der Waals surface area (Å²) in [5.41, 5.74) is 0.325. The fourth-order valence-electron chi connectivity index (χ4n) is 0.624. The Kier molecular flexibility index (Phi) is 2.31. The molecule has 0 saturated carbocycles. The summed E-state index contributed by atoms with van der Waals surface area (Å²) >= 11 is 10.2. The lowest BCUT2D eigenvalue weighted by molar-refractivity contribution is 0.107. The Bertz CT molecular complexity index is 277. The highest BCUT2D eigenvalue weighted by Gasteiger charge is 2.08. The van der Waals surface area contributed by atoms with Crippen molar-refractivity contribution in [3.8, 4) is 0 Å². The molecule has 11 heavy (non-hydrogen) atoms. The molecule has 0 aliphatic heterocycles. The van der Waals surface area contributed by atoms with Gasteiger partial charge in [-0.3, -0.25) is 9.59 Å². The number of aromatic nitrogens is 1. The molecule has 0 aromatic carbocycles. The molecule has 5 heteroatoms. The van der Waals surface area contributed by atoms with Crippen LogP contribution in [0.25, 0.3) is 0 Å². The molecule has 0 fully saturated rings. The quantitative estimate of drug-likeness (QED) is 0.725. The zero-order valence-electron chi connectivity index (χ0n) is 5.23. The molecule has 0 spiro atoms. The Balaban J connectivity index is 2.99. The Morgan fingerprint density at radius 2 is 1.45 bits per heavy atom. The van der Waals surface area contributed by atoms with Gasteiger partial charge in [0.1, 0.15) is 0 Å². The van der Waals surface area contributed by atoms with Crippen molar-refractivity contribution < 1.29 is 9.59 Å². The van der Waals surface area contributed by atoms with Crippen molar-refractivity contribution in [2.24, 2.45) is 0 Å². The van der Waals surface area contributed by atoms with Crippen LogP contribution in [0.3, 0.4) is 0 Å². The predicted molar refractivity (Wildman–Crippen MR) is 41.2 cm³/mol. The SMILES string of the molecule is O=C(Cl)c1ccc(C(=O)Cl)[nH]1. The summed E-state index contributed by atoms with van der Waals surface area (Å²) in [6.07, 6.45) is 0. The third kappa shape index (κ3) is 1.82. The molecule has 1 heterocycles. The molecule has 1 N–H and O–H groups in total. The van der Waals surface area contributed by atoms with Gasteiger partial charge in [-0.05, 0) is 35.3 Å². The maximum Gasteiger partial charge on any atom is 0.268 e. The van der Waals surface area contributed by atoms with Gasteiger partial charge in [-0.25, -0.2) is 0 Å². The van der Waals surface area contributed by atoms with E-state index in [1.165, 1.54) is 12.1 Å². The number of nitrogens with one attached hydrogen (secondary N) is 1. The zero-order chi connectivity index (χ0) is 8.43. The number of hydrogen-bond acceptors (Lipinski definition) is 2. The topological polar surface area (TPSA) is 49.9 Å². The van der Waals surface area contributed by atoms with Gasteiger partial charge in [-0.1, -0.05) is 0 Å². The van der Waals surface area contributed by atoms with Crippen LogP contribution < -0.4 is 0 Å². The van der Waals surface area contributed by atoms with E-state index in [2.05, 4.69) is 4.98 Å². The van der Waals surface area contributed by atoms with E-state index in [9.17, 15) is 9.59 Å². The number of rotatable bonds is 2. The zero-order valence-corrected chi connectivity index (χ0v) is 6.74. The van der Waals surface area contributed by atoms with Crippen LogP contribution in [0.5, 0.6) is 0 Å². The average molecular weight is 192 g/mol. The van der Waals surface area contributed by atoms with Gasteiger partial charge in [0.05, 0.1) is 11.4 Å². The normalized spacial score (nSPS) is 9.64. The van der Waals surface area contributed by atoms with Crippen molar-refractivity contribution >= 4 is 33.7 Å². The molecule has 0 aliphatic carbocycles. The van der Waals surface area contributed by atoms with E-state index >= 15 is 0 Å². The Morgan fingerprint density at radius 3 is 1.64 bits per heavy atom. The highest BCUT2D eigenvalue weighted by molar-refractivity contribution is 6.68. The second-order valence-electron chi connectivity index (χ2n) is 1.83. The van der Waals surface area contributed by atoms with E-state index in [0.717, 1.165) is 0 Å². The van der Waals surface area contributed by atoms with Crippen LogP contribution in [0.15, 0.2) is 12.1 Å². The van der Waals surface area contributed by atoms with Crippen molar-refractivity contribution in [3.63, 3.8) is 0 Å². The molecule has 0 amide bonds. The van der Waals surface area contributed by atoms with E-state index in [4.69, 9.17) is 23.2 Å². The van der Waals surface area contributed by atoms with Gasteiger partial charge in [-0.2, -0.15) is 0 Å². The molecule has 0 atom stereocenters. The summed E-state index contributed by atoms with van der Waals surface area (Å²) in [6, 6.07) is 2.79. The number of aromatic amines is 1. The molecule has 1 aromatic heterocycles. The third-order valence-corrected chi connectivity index (χ3v) is 1.52. The summed E-state index contributed by atoms with van der Waals surface area (Å²) in [5, 5.41) is -1.29. The van der Waals surface area contributed by atoms with E-state index in [0.29, 0.717) is 0 Å². The third-order valence-electron chi connectivity index (χ3n) is 1.11. The lowest BCUT2D eigenvalue weighted by Crippen LogP contribution is -1.92. The van der Waals surface area contributed by atoms with E-state index in [1.807, 2.05) is 0 Å². The van der Waals surface area contributed by atoms with Gasteiger partial charge in [0.25, 0.3) is 10.5 Å². The maximum absolute atomic E-state index is 10.5. The van der Waals surface area contributed by atoms with Gasteiger partial charge >= 0.3 is 0 Å². The minimum atomic E-state index is -0.644. The van der Waals surface area contributed by atoms with E-state index in [-0.39, 0.29) is 11.4 Å². The highest BCUT2D eigenvalue weighted by Crippen LogP contribution is 2.06. The van der Waals surface area contributed by atoms with Crippen molar-refractivity contribution in [2.75, 3.05) is 0 Å². The van der Waals surface area contributed by atoms with Crippen LogP contribution in [0.1, 0.15) is 21.0 Å². The first kappa shape index (κ1) is 8.30. The summed E-state index contributed by atoms with van der Waals surface area (Å²) in [6.45, 7) is 0. The van der Waals surface area contributed by atoms with Crippen molar-refractivity contribution in [1.82, 2.24) is 4.98 Å². The molecule has 0 saturated heterocycles. The van der Waals surface area contributed by atoms with Gasteiger partial charge in [0.15, 0.2) is 0 Å². The highest BCUT2D eigenvalue weighted by atomic mass is 35.5. The minimum Gasteiger partial charge on any atom is -0.348 e. The van der Waals surface area contributed by atoms with Crippen molar-refractivity contribution in [2.45, 2.75) is 0 Å². The van der Waals surface area contributed by atoms with Crippen LogP contribution in [-0.2, 0) is 0 Å². The van der Waals surface area contributed by atoms with Crippen molar-refractivity contribution in [1.29, 1.82) is 0 Å². The average Bonchev–Trinajstić information content (AvgIpc) is 2.33. The van der Waals surface area contributed by atoms with E-state index in [1.54, 1.807) is 0 Å². The first-order valence-corrected chi connectivity index (χ1v) is 3.45.